The molecule has 0 bridgehead atoms. The summed E-state index contributed by atoms with van der Waals surface area (Å²) in [5.74, 6) is -3.07. The summed E-state index contributed by atoms with van der Waals surface area (Å²) >= 11 is 1.56. The number of benzene rings is 2. The lowest BCUT2D eigenvalue weighted by molar-refractivity contribution is -0.118. The summed E-state index contributed by atoms with van der Waals surface area (Å²) in [5, 5.41) is 3.54. The van der Waals surface area contributed by atoms with Crippen molar-refractivity contribution in [2.24, 2.45) is 5.73 Å². The molecule has 5 rings (SSSR count). The average Bonchev–Trinajstić information content (AvgIpc) is 3.50. The van der Waals surface area contributed by atoms with Gasteiger partial charge in [-0.3, -0.25) is 4.79 Å². The number of nitrogens with zero attached hydrogens (tertiary/aromatic N) is 4. The van der Waals surface area contributed by atoms with E-state index in [9.17, 15) is 13.6 Å². The highest BCUT2D eigenvalue weighted by molar-refractivity contribution is 7.18. The number of aryl methyl sites for hydroxylation is 1. The van der Waals surface area contributed by atoms with Crippen molar-refractivity contribution < 1.29 is 18.0 Å². The Labute approximate surface area is 209 Å². The Morgan fingerprint density at radius 1 is 1.22 bits per heavy atom. The lowest BCUT2D eigenvalue weighted by atomic mass is 10.0. The zero-order chi connectivity index (χ0) is 25.4. The highest BCUT2D eigenvalue weighted by Gasteiger charge is 2.33. The number of para-hydroxylation sites is 1. The van der Waals surface area contributed by atoms with Gasteiger partial charge in [0.25, 0.3) is 0 Å². The molecule has 0 radical (unpaired) electrons. The van der Waals surface area contributed by atoms with Gasteiger partial charge >= 0.3 is 0 Å². The number of amides is 1. The molecule has 1 saturated heterocycles. The normalized spacial score (nSPS) is 16.4. The van der Waals surface area contributed by atoms with E-state index >= 15 is 4.39 Å². The molecule has 2 unspecified atom stereocenters. The quantitative estimate of drug-likeness (QED) is 0.374. The number of aromatic nitrogens is 3. The van der Waals surface area contributed by atoms with Gasteiger partial charge in [0.05, 0.1) is 16.3 Å². The van der Waals surface area contributed by atoms with Gasteiger partial charge in [0.15, 0.2) is 11.6 Å². The third kappa shape index (κ3) is 4.58. The maximum Gasteiger partial charge on any atom is 0.240 e. The number of nitrogens with two attached hydrogens (primary N) is 1. The molecular formula is C25H23F3N6OS. The number of carbonyl (C=O) groups excluding carboxylic acids is 1. The smallest absolute Gasteiger partial charge is 0.240 e. The fourth-order valence-corrected chi connectivity index (χ4v) is 5.54. The van der Waals surface area contributed by atoms with Gasteiger partial charge in [-0.2, -0.15) is 4.39 Å². The number of fused-ring (bicyclic) bond motifs is 1. The first-order chi connectivity index (χ1) is 17.3. The Kier molecular flexibility index (Phi) is 6.48. The summed E-state index contributed by atoms with van der Waals surface area (Å²) in [6.07, 6.45) is 2.52. The molecule has 1 fully saturated rings. The Balaban J connectivity index is 1.42. The van der Waals surface area contributed by atoms with Crippen LogP contribution in [0.2, 0.25) is 0 Å². The predicted octanol–water partition coefficient (Wildman–Crippen LogP) is 4.66. The summed E-state index contributed by atoms with van der Waals surface area (Å²) in [4.78, 5) is 26.8. The maximum atomic E-state index is 15.6. The molecule has 1 aliphatic rings. The molecule has 2 aromatic heterocycles. The summed E-state index contributed by atoms with van der Waals surface area (Å²) < 4.78 is 45.0. The summed E-state index contributed by atoms with van der Waals surface area (Å²) in [7, 11) is 0. The third-order valence-electron chi connectivity index (χ3n) is 6.30. The second kappa shape index (κ2) is 9.73. The number of carbonyl (C=O) groups is 1. The summed E-state index contributed by atoms with van der Waals surface area (Å²) in [6.45, 7) is 2.00. The van der Waals surface area contributed by atoms with Crippen molar-refractivity contribution in [2.75, 3.05) is 16.8 Å². The standard InChI is InChI=1S/C25H23F3N6OS/c1-13-9-16(27)14(10-15(13)26)11-18(22(29)35)32-23-21(28)24(31-12-30-23)34-8-4-6-19(34)25-33-17-5-2-3-7-20(17)36-25/h2-3,5,7,9-10,12,18-19H,4,6,8,11H2,1H3,(H2,29,35)(H,30,31,32). The fraction of sp³-hybridized carbons (Fsp3) is 0.280. The van der Waals surface area contributed by atoms with Crippen molar-refractivity contribution in [3.8, 4) is 0 Å². The molecule has 2 aromatic carbocycles. The maximum absolute atomic E-state index is 15.6. The number of primary amides is 1. The van der Waals surface area contributed by atoms with E-state index in [1.807, 2.05) is 29.2 Å². The molecule has 11 heteroatoms. The van der Waals surface area contributed by atoms with Crippen molar-refractivity contribution in [3.05, 3.63) is 76.3 Å². The van der Waals surface area contributed by atoms with Gasteiger partial charge in [-0.05, 0) is 55.2 Å². The molecule has 3 heterocycles. The fourth-order valence-electron chi connectivity index (χ4n) is 4.42. The van der Waals surface area contributed by atoms with Crippen molar-refractivity contribution >= 4 is 39.1 Å². The summed E-state index contributed by atoms with van der Waals surface area (Å²) in [6, 6.07) is 8.48. The molecule has 3 N–H and O–H groups in total. The highest BCUT2D eigenvalue weighted by atomic mass is 32.1. The van der Waals surface area contributed by atoms with E-state index in [-0.39, 0.29) is 35.2 Å². The first-order valence-electron chi connectivity index (χ1n) is 11.4. The van der Waals surface area contributed by atoms with E-state index in [1.165, 1.54) is 13.3 Å². The number of thiazole rings is 1. The number of nitrogens with one attached hydrogen (secondary N) is 1. The lowest BCUT2D eigenvalue weighted by Gasteiger charge is -2.25. The van der Waals surface area contributed by atoms with E-state index in [0.717, 1.165) is 40.2 Å². The molecule has 36 heavy (non-hydrogen) atoms. The Bertz CT molecular complexity index is 1410. The number of anilines is 2. The minimum atomic E-state index is -1.22. The van der Waals surface area contributed by atoms with Crippen LogP contribution >= 0.6 is 11.3 Å². The number of hydrogen-bond donors (Lipinski definition) is 2. The van der Waals surface area contributed by atoms with Gasteiger partial charge in [-0.25, -0.2) is 23.7 Å². The van der Waals surface area contributed by atoms with Crippen LogP contribution in [0.15, 0.2) is 42.7 Å². The van der Waals surface area contributed by atoms with E-state index in [2.05, 4.69) is 15.3 Å². The van der Waals surface area contributed by atoms with Gasteiger partial charge in [0.2, 0.25) is 11.7 Å². The van der Waals surface area contributed by atoms with Crippen molar-refractivity contribution in [2.45, 2.75) is 38.3 Å². The zero-order valence-electron chi connectivity index (χ0n) is 19.3. The van der Waals surface area contributed by atoms with Crippen LogP contribution < -0.4 is 16.0 Å². The van der Waals surface area contributed by atoms with Crippen molar-refractivity contribution in [1.82, 2.24) is 15.0 Å². The Morgan fingerprint density at radius 3 is 2.81 bits per heavy atom. The molecule has 1 aliphatic heterocycles. The van der Waals surface area contributed by atoms with E-state index in [0.29, 0.717) is 6.54 Å². The van der Waals surface area contributed by atoms with Gasteiger partial charge in [-0.15, -0.1) is 11.3 Å². The molecule has 0 spiro atoms. The van der Waals surface area contributed by atoms with Crippen molar-refractivity contribution in [3.63, 3.8) is 0 Å². The topological polar surface area (TPSA) is 97.0 Å². The number of halogens is 3. The van der Waals surface area contributed by atoms with Gasteiger partial charge < -0.3 is 16.0 Å². The number of rotatable bonds is 7. The Hall–Kier alpha value is -3.73. The van der Waals surface area contributed by atoms with E-state index < -0.39 is 29.4 Å². The minimum Gasteiger partial charge on any atom is -0.368 e. The number of hydrogen-bond acceptors (Lipinski definition) is 7. The third-order valence-corrected chi connectivity index (χ3v) is 7.44. The second-order valence-corrected chi connectivity index (χ2v) is 9.79. The highest BCUT2D eigenvalue weighted by Crippen LogP contribution is 2.40. The van der Waals surface area contributed by atoms with Gasteiger partial charge in [0.1, 0.15) is 29.0 Å². The molecule has 4 aromatic rings. The van der Waals surface area contributed by atoms with Crippen LogP contribution in [0.4, 0.5) is 24.8 Å². The van der Waals surface area contributed by atoms with Crippen LogP contribution in [0.5, 0.6) is 0 Å². The zero-order valence-corrected chi connectivity index (χ0v) is 20.2. The van der Waals surface area contributed by atoms with Crippen LogP contribution in [-0.2, 0) is 11.2 Å². The molecule has 0 saturated carbocycles. The van der Waals surface area contributed by atoms with Crippen LogP contribution in [0.3, 0.4) is 0 Å². The molecule has 1 amide bonds. The molecule has 2 atom stereocenters. The molecule has 0 aliphatic carbocycles. The van der Waals surface area contributed by atoms with E-state index in [4.69, 9.17) is 10.7 Å². The largest absolute Gasteiger partial charge is 0.368 e. The lowest BCUT2D eigenvalue weighted by Crippen LogP contribution is -2.38. The van der Waals surface area contributed by atoms with Crippen LogP contribution in [-0.4, -0.2) is 33.4 Å². The van der Waals surface area contributed by atoms with Crippen LogP contribution in [0, 0.1) is 24.4 Å². The Morgan fingerprint density at radius 2 is 2.03 bits per heavy atom. The van der Waals surface area contributed by atoms with Gasteiger partial charge in [-0.1, -0.05) is 12.1 Å². The predicted molar refractivity (Wildman–Crippen MR) is 132 cm³/mol. The van der Waals surface area contributed by atoms with Crippen molar-refractivity contribution in [1.29, 1.82) is 0 Å². The SMILES string of the molecule is Cc1cc(F)c(CC(Nc2ncnc(N3CCCC3c3nc4ccccc4s3)c2F)C(N)=O)cc1F. The van der Waals surface area contributed by atoms with Crippen LogP contribution in [0.25, 0.3) is 10.2 Å². The monoisotopic (exact) mass is 512 g/mol. The first-order valence-corrected chi connectivity index (χ1v) is 12.3. The van der Waals surface area contributed by atoms with Gasteiger partial charge in [0, 0.05) is 13.0 Å². The van der Waals surface area contributed by atoms with E-state index in [1.54, 1.807) is 11.3 Å². The average molecular weight is 513 g/mol. The minimum absolute atomic E-state index is 0.0560. The van der Waals surface area contributed by atoms with Crippen LogP contribution in [0.1, 0.15) is 35.0 Å². The molecular weight excluding hydrogens is 489 g/mol. The first kappa shape index (κ1) is 24.0. The molecule has 7 nitrogen and oxygen atoms in total. The molecule has 186 valence electrons. The summed E-state index contributed by atoms with van der Waals surface area (Å²) in [5.41, 5.74) is 6.47. The second-order valence-electron chi connectivity index (χ2n) is 8.73.